The van der Waals surface area contributed by atoms with Crippen LogP contribution in [0.15, 0.2) is 30.3 Å². The average Bonchev–Trinajstić information content (AvgIpc) is 2.80. The van der Waals surface area contributed by atoms with Crippen LogP contribution in [-0.4, -0.2) is 59.7 Å². The molecule has 0 radical (unpaired) electrons. The number of ether oxygens (including phenoxy) is 3. The molecule has 0 fully saturated rings. The van der Waals surface area contributed by atoms with Crippen molar-refractivity contribution in [2.75, 3.05) is 0 Å². The van der Waals surface area contributed by atoms with Crippen molar-refractivity contribution in [2.45, 2.75) is 105 Å². The summed E-state index contributed by atoms with van der Waals surface area (Å²) in [4.78, 5) is 63.4. The Morgan fingerprint density at radius 3 is 1.95 bits per heavy atom. The van der Waals surface area contributed by atoms with E-state index in [0.29, 0.717) is 0 Å². The molecule has 0 aliphatic rings. The normalized spacial score (nSPS) is 13.6. The topological polar surface area (TPSA) is 149 Å². The van der Waals surface area contributed by atoms with E-state index < -0.39 is 66.1 Å². The van der Waals surface area contributed by atoms with E-state index in [2.05, 4.69) is 16.0 Å². The Morgan fingerprint density at radius 2 is 1.41 bits per heavy atom. The van der Waals surface area contributed by atoms with Crippen molar-refractivity contribution in [1.82, 2.24) is 16.0 Å². The SMILES string of the molecule is CC(C)C[C@H](NC(=O)[C@H](CC(=O)OCc1ccccc1)NC(=O)[C@H](C)NC(=O)OC(C)(C)C)C(=O)OC(C)C. The molecule has 1 rings (SSSR count). The van der Waals surface area contributed by atoms with Crippen LogP contribution in [0.5, 0.6) is 0 Å². The fourth-order valence-corrected chi connectivity index (χ4v) is 3.29. The first-order valence-corrected chi connectivity index (χ1v) is 13.1. The second-order valence-corrected chi connectivity index (χ2v) is 11.0. The lowest BCUT2D eigenvalue weighted by Gasteiger charge is -2.25. The number of hydrogen-bond donors (Lipinski definition) is 3. The fraction of sp³-hybridized carbons (Fsp3) is 0.607. The molecule has 11 heteroatoms. The molecule has 0 unspecified atom stereocenters. The quantitative estimate of drug-likeness (QED) is 0.251. The highest BCUT2D eigenvalue weighted by Gasteiger charge is 2.32. The highest BCUT2D eigenvalue weighted by atomic mass is 16.6. The molecule has 218 valence electrons. The van der Waals surface area contributed by atoms with E-state index in [1.54, 1.807) is 58.9 Å². The first-order chi connectivity index (χ1) is 18.1. The van der Waals surface area contributed by atoms with Crippen molar-refractivity contribution in [2.24, 2.45) is 5.92 Å². The summed E-state index contributed by atoms with van der Waals surface area (Å²) in [6.45, 7) is 13.6. The van der Waals surface area contributed by atoms with Crippen LogP contribution in [0.2, 0.25) is 0 Å². The van der Waals surface area contributed by atoms with Gasteiger partial charge in [0.25, 0.3) is 0 Å². The standard InChI is InChI=1S/C28H43N3O8/c1-17(2)14-22(26(35)38-18(3)4)31-25(34)21(15-23(32)37-16-20-12-10-9-11-13-20)30-24(33)19(5)29-27(36)39-28(6,7)8/h9-13,17-19,21-22H,14-16H2,1-8H3,(H,29,36)(H,30,33)(H,31,34)/t19-,21-,22-/m0/s1. The van der Waals surface area contributed by atoms with Gasteiger partial charge in [0.2, 0.25) is 11.8 Å². The summed E-state index contributed by atoms with van der Waals surface area (Å²) in [5, 5.41) is 7.47. The van der Waals surface area contributed by atoms with E-state index >= 15 is 0 Å². The smallest absolute Gasteiger partial charge is 0.408 e. The number of amides is 3. The van der Waals surface area contributed by atoms with Gasteiger partial charge in [0.05, 0.1) is 12.5 Å². The van der Waals surface area contributed by atoms with Gasteiger partial charge < -0.3 is 30.2 Å². The molecule has 0 aliphatic heterocycles. The monoisotopic (exact) mass is 549 g/mol. The molecule has 3 atom stereocenters. The van der Waals surface area contributed by atoms with Crippen LogP contribution >= 0.6 is 0 Å². The zero-order valence-electron chi connectivity index (χ0n) is 24.2. The number of alkyl carbamates (subject to hydrolysis) is 1. The Hall–Kier alpha value is -3.63. The largest absolute Gasteiger partial charge is 0.461 e. The Bertz CT molecular complexity index is 973. The molecule has 0 aromatic heterocycles. The Labute approximate surface area is 230 Å². The molecule has 3 N–H and O–H groups in total. The van der Waals surface area contributed by atoms with Crippen molar-refractivity contribution in [3.63, 3.8) is 0 Å². The number of hydrogen-bond acceptors (Lipinski definition) is 8. The average molecular weight is 550 g/mol. The third kappa shape index (κ3) is 14.2. The lowest BCUT2D eigenvalue weighted by atomic mass is 10.0. The maximum atomic E-state index is 13.2. The highest BCUT2D eigenvalue weighted by molar-refractivity contribution is 5.95. The molecule has 0 heterocycles. The van der Waals surface area contributed by atoms with Crippen molar-refractivity contribution < 1.29 is 38.2 Å². The van der Waals surface area contributed by atoms with Gasteiger partial charge >= 0.3 is 18.0 Å². The predicted molar refractivity (Wildman–Crippen MR) is 144 cm³/mol. The minimum atomic E-state index is -1.38. The number of carbonyl (C=O) groups excluding carboxylic acids is 5. The third-order valence-corrected chi connectivity index (χ3v) is 5.03. The molecule has 0 saturated heterocycles. The third-order valence-electron chi connectivity index (χ3n) is 5.03. The molecule has 0 bridgehead atoms. The first kappa shape index (κ1) is 33.4. The highest BCUT2D eigenvalue weighted by Crippen LogP contribution is 2.10. The van der Waals surface area contributed by atoms with E-state index in [1.807, 2.05) is 19.9 Å². The molecule has 0 aliphatic carbocycles. The van der Waals surface area contributed by atoms with Crippen LogP contribution in [0.4, 0.5) is 4.79 Å². The summed E-state index contributed by atoms with van der Waals surface area (Å²) in [6, 6.07) is 5.51. The van der Waals surface area contributed by atoms with Gasteiger partial charge in [-0.05, 0) is 59.4 Å². The molecule has 1 aromatic rings. The van der Waals surface area contributed by atoms with E-state index in [-0.39, 0.29) is 18.9 Å². The molecule has 39 heavy (non-hydrogen) atoms. The Kier molecular flexibility index (Phi) is 13.4. The number of carbonyl (C=O) groups is 5. The Balaban J connectivity index is 3.02. The predicted octanol–water partition coefficient (Wildman–Crippen LogP) is 3.00. The molecule has 0 saturated carbocycles. The summed E-state index contributed by atoms with van der Waals surface area (Å²) in [7, 11) is 0. The Morgan fingerprint density at radius 1 is 0.821 bits per heavy atom. The first-order valence-electron chi connectivity index (χ1n) is 13.1. The molecule has 11 nitrogen and oxygen atoms in total. The van der Waals surface area contributed by atoms with E-state index in [4.69, 9.17) is 14.2 Å². The summed E-state index contributed by atoms with van der Waals surface area (Å²) in [5.74, 6) is -2.82. The number of rotatable bonds is 13. The maximum absolute atomic E-state index is 13.2. The maximum Gasteiger partial charge on any atom is 0.408 e. The fourth-order valence-electron chi connectivity index (χ4n) is 3.29. The minimum Gasteiger partial charge on any atom is -0.461 e. The van der Waals surface area contributed by atoms with Crippen molar-refractivity contribution >= 4 is 29.8 Å². The van der Waals surface area contributed by atoms with Crippen LogP contribution in [0.3, 0.4) is 0 Å². The van der Waals surface area contributed by atoms with E-state index in [1.165, 1.54) is 6.92 Å². The van der Waals surface area contributed by atoms with Gasteiger partial charge in [-0.1, -0.05) is 44.2 Å². The van der Waals surface area contributed by atoms with E-state index in [9.17, 15) is 24.0 Å². The molecular formula is C28H43N3O8. The minimum absolute atomic E-state index is 0.0186. The lowest BCUT2D eigenvalue weighted by Crippen LogP contribution is -2.56. The van der Waals surface area contributed by atoms with Crippen LogP contribution < -0.4 is 16.0 Å². The summed E-state index contributed by atoms with van der Waals surface area (Å²) < 4.78 is 15.7. The second kappa shape index (κ2) is 15.7. The van der Waals surface area contributed by atoms with Gasteiger partial charge in [0.1, 0.15) is 30.3 Å². The molecular weight excluding hydrogens is 506 g/mol. The van der Waals surface area contributed by atoms with Crippen molar-refractivity contribution in [1.29, 1.82) is 0 Å². The summed E-state index contributed by atoms with van der Waals surface area (Å²) in [6.07, 6.45) is -1.43. The van der Waals surface area contributed by atoms with E-state index in [0.717, 1.165) is 5.56 Å². The van der Waals surface area contributed by atoms with Gasteiger partial charge in [0.15, 0.2) is 0 Å². The van der Waals surface area contributed by atoms with Gasteiger partial charge in [-0.2, -0.15) is 0 Å². The van der Waals surface area contributed by atoms with Gasteiger partial charge in [-0.3, -0.25) is 14.4 Å². The van der Waals surface area contributed by atoms with Crippen LogP contribution in [0, 0.1) is 5.92 Å². The number of nitrogens with one attached hydrogen (secondary N) is 3. The summed E-state index contributed by atoms with van der Waals surface area (Å²) in [5.41, 5.74) is -0.0270. The summed E-state index contributed by atoms with van der Waals surface area (Å²) >= 11 is 0. The number of benzene rings is 1. The van der Waals surface area contributed by atoms with Crippen molar-refractivity contribution in [3.05, 3.63) is 35.9 Å². The van der Waals surface area contributed by atoms with Gasteiger partial charge in [0, 0.05) is 0 Å². The van der Waals surface area contributed by atoms with Crippen molar-refractivity contribution in [3.8, 4) is 0 Å². The van der Waals surface area contributed by atoms with Crippen LogP contribution in [0.1, 0.15) is 73.8 Å². The molecule has 0 spiro atoms. The lowest BCUT2D eigenvalue weighted by molar-refractivity contribution is -0.152. The van der Waals surface area contributed by atoms with Crippen LogP contribution in [-0.2, 0) is 40.0 Å². The zero-order chi connectivity index (χ0) is 29.8. The zero-order valence-corrected chi connectivity index (χ0v) is 24.2. The number of esters is 2. The molecule has 3 amide bonds. The van der Waals surface area contributed by atoms with Gasteiger partial charge in [-0.15, -0.1) is 0 Å². The molecule has 1 aromatic carbocycles. The van der Waals surface area contributed by atoms with Crippen LogP contribution in [0.25, 0.3) is 0 Å². The second-order valence-electron chi connectivity index (χ2n) is 11.0. The van der Waals surface area contributed by atoms with Gasteiger partial charge in [-0.25, -0.2) is 9.59 Å².